The van der Waals surface area contributed by atoms with Gasteiger partial charge in [0.2, 0.25) is 6.08 Å². The number of anilines is 1. The topological polar surface area (TPSA) is 103 Å². The molecule has 1 amide bonds. The highest BCUT2D eigenvalue weighted by molar-refractivity contribution is 6.49. The van der Waals surface area contributed by atoms with Crippen molar-refractivity contribution in [1.82, 2.24) is 9.55 Å². The number of carbonyl (C=O) groups is 2. The maximum atomic E-state index is 13.4. The highest BCUT2D eigenvalue weighted by Gasteiger charge is 2.28. The van der Waals surface area contributed by atoms with Gasteiger partial charge in [-0.3, -0.25) is 14.6 Å². The first-order valence-electron chi connectivity index (χ1n) is 10.4. The molecule has 0 aliphatic rings. The van der Waals surface area contributed by atoms with E-state index < -0.39 is 17.5 Å². The van der Waals surface area contributed by atoms with Crippen LogP contribution in [0.2, 0.25) is 0 Å². The molecular formula is C25H19FN4O4. The number of amides is 1. The van der Waals surface area contributed by atoms with E-state index in [1.54, 1.807) is 47.0 Å². The molecule has 0 radical (unpaired) electrons. The smallest absolute Gasteiger partial charge is 0.296 e. The predicted molar refractivity (Wildman–Crippen MR) is 124 cm³/mol. The van der Waals surface area contributed by atoms with Gasteiger partial charge in [-0.25, -0.2) is 9.18 Å². The third-order valence-electron chi connectivity index (χ3n) is 5.10. The van der Waals surface area contributed by atoms with Gasteiger partial charge in [-0.05, 0) is 55.0 Å². The molecule has 0 aliphatic heterocycles. The monoisotopic (exact) mass is 458 g/mol. The Bertz CT molecular complexity index is 1410. The van der Waals surface area contributed by atoms with Gasteiger partial charge in [0.25, 0.3) is 11.7 Å². The Morgan fingerprint density at radius 2 is 1.85 bits per heavy atom. The number of nitrogens with one attached hydrogen (secondary N) is 1. The number of nitrogens with zero attached hydrogens (tertiary/aromatic N) is 3. The molecule has 2 aromatic heterocycles. The van der Waals surface area contributed by atoms with E-state index in [0.29, 0.717) is 34.5 Å². The molecule has 0 bridgehead atoms. The average Bonchev–Trinajstić information content (AvgIpc) is 3.13. The van der Waals surface area contributed by atoms with Crippen LogP contribution in [-0.4, -0.2) is 33.9 Å². The van der Waals surface area contributed by atoms with Gasteiger partial charge < -0.3 is 14.6 Å². The second-order valence-electron chi connectivity index (χ2n) is 7.25. The molecule has 1 N–H and O–H groups in total. The number of aliphatic imine (C=N–C) groups is 1. The lowest BCUT2D eigenvalue weighted by Gasteiger charge is -2.09. The molecule has 4 aromatic rings. The summed E-state index contributed by atoms with van der Waals surface area (Å²) in [6.45, 7) is 2.39. The van der Waals surface area contributed by atoms with Crippen LogP contribution in [0, 0.1) is 5.82 Å². The first-order valence-corrected chi connectivity index (χ1v) is 10.4. The Morgan fingerprint density at radius 1 is 1.12 bits per heavy atom. The Labute approximate surface area is 193 Å². The standard InChI is InChI=1S/C25H19FN4O4/c1-2-34-19-7-8-21-20(13-19)22(23(32)25(33)29-18-9-11-27-12-10-18)24(28-15-31)30(21)14-16-3-5-17(26)6-4-16/h3-13H,2,14H2,1H3,(H,27,29,33). The molecule has 0 saturated carbocycles. The number of isocyanates is 1. The van der Waals surface area contributed by atoms with Crippen LogP contribution >= 0.6 is 0 Å². The fourth-order valence-electron chi connectivity index (χ4n) is 3.63. The van der Waals surface area contributed by atoms with Crippen LogP contribution in [0.5, 0.6) is 5.75 Å². The van der Waals surface area contributed by atoms with Crippen molar-refractivity contribution in [2.75, 3.05) is 11.9 Å². The second kappa shape index (κ2) is 9.89. The number of Topliss-reactive ketones (excluding diaryl/α,β-unsaturated/α-hetero) is 1. The molecule has 0 aliphatic carbocycles. The Morgan fingerprint density at radius 3 is 2.53 bits per heavy atom. The van der Waals surface area contributed by atoms with Gasteiger partial charge in [0.15, 0.2) is 5.82 Å². The van der Waals surface area contributed by atoms with Gasteiger partial charge in [0, 0.05) is 30.0 Å². The maximum absolute atomic E-state index is 13.4. The van der Waals surface area contributed by atoms with Gasteiger partial charge in [0.05, 0.1) is 17.7 Å². The number of fused-ring (bicyclic) bond motifs is 1. The summed E-state index contributed by atoms with van der Waals surface area (Å²) in [6.07, 6.45) is 4.43. The first-order chi connectivity index (χ1) is 16.5. The number of rotatable bonds is 8. The van der Waals surface area contributed by atoms with Crippen molar-refractivity contribution in [3.05, 3.63) is 83.9 Å². The zero-order chi connectivity index (χ0) is 24.1. The van der Waals surface area contributed by atoms with Gasteiger partial charge >= 0.3 is 0 Å². The zero-order valence-electron chi connectivity index (χ0n) is 18.1. The van der Waals surface area contributed by atoms with E-state index >= 15 is 0 Å². The molecule has 2 aromatic carbocycles. The molecule has 4 rings (SSSR count). The molecular weight excluding hydrogens is 439 g/mol. The Hall–Kier alpha value is -4.62. The van der Waals surface area contributed by atoms with E-state index in [9.17, 15) is 18.8 Å². The number of aromatic nitrogens is 2. The number of halogens is 1. The summed E-state index contributed by atoms with van der Waals surface area (Å²) < 4.78 is 20.6. The number of hydrogen-bond donors (Lipinski definition) is 1. The van der Waals surface area contributed by atoms with Gasteiger partial charge in [0.1, 0.15) is 11.6 Å². The van der Waals surface area contributed by atoms with E-state index in [0.717, 1.165) is 0 Å². The summed E-state index contributed by atoms with van der Waals surface area (Å²) in [6, 6.07) is 13.9. The van der Waals surface area contributed by atoms with Crippen molar-refractivity contribution in [2.24, 2.45) is 4.99 Å². The van der Waals surface area contributed by atoms with Crippen molar-refractivity contribution < 1.29 is 23.5 Å². The van der Waals surface area contributed by atoms with Crippen LogP contribution in [-0.2, 0) is 16.1 Å². The molecule has 170 valence electrons. The van der Waals surface area contributed by atoms with Crippen LogP contribution in [0.25, 0.3) is 10.9 Å². The largest absolute Gasteiger partial charge is 0.494 e. The van der Waals surface area contributed by atoms with E-state index in [4.69, 9.17) is 4.74 Å². The molecule has 0 saturated heterocycles. The average molecular weight is 458 g/mol. The van der Waals surface area contributed by atoms with E-state index in [1.807, 2.05) is 6.92 Å². The zero-order valence-corrected chi connectivity index (χ0v) is 18.1. The summed E-state index contributed by atoms with van der Waals surface area (Å²) >= 11 is 0. The van der Waals surface area contributed by atoms with E-state index in [-0.39, 0.29) is 17.9 Å². The number of carbonyl (C=O) groups excluding carboxylic acids is 3. The van der Waals surface area contributed by atoms with Gasteiger partial charge in [-0.1, -0.05) is 12.1 Å². The minimum absolute atomic E-state index is 0.0298. The molecule has 34 heavy (non-hydrogen) atoms. The quantitative estimate of drug-likeness (QED) is 0.182. The van der Waals surface area contributed by atoms with Crippen LogP contribution in [0.3, 0.4) is 0 Å². The highest BCUT2D eigenvalue weighted by Crippen LogP contribution is 2.36. The van der Waals surface area contributed by atoms with E-state index in [2.05, 4.69) is 15.3 Å². The number of ketones is 1. The molecule has 0 atom stereocenters. The minimum atomic E-state index is -0.906. The van der Waals surface area contributed by atoms with Crippen LogP contribution in [0.1, 0.15) is 22.8 Å². The fourth-order valence-corrected chi connectivity index (χ4v) is 3.63. The highest BCUT2D eigenvalue weighted by atomic mass is 19.1. The first kappa shape index (κ1) is 22.6. The number of benzene rings is 2. The molecule has 9 heteroatoms. The van der Waals surface area contributed by atoms with Crippen molar-refractivity contribution in [3.8, 4) is 5.75 Å². The molecule has 0 spiro atoms. The van der Waals surface area contributed by atoms with Crippen LogP contribution in [0.15, 0.2) is 72.0 Å². The molecule has 8 nitrogen and oxygen atoms in total. The van der Waals surface area contributed by atoms with Gasteiger partial charge in [-0.15, -0.1) is 4.99 Å². The Balaban J connectivity index is 1.87. The number of pyridine rings is 1. The SMILES string of the molecule is CCOc1ccc2c(c1)c(C(=O)C(=O)Nc1ccncc1)c(N=C=O)n2Cc1ccc(F)cc1. The maximum Gasteiger partial charge on any atom is 0.296 e. The fraction of sp³-hybridized carbons (Fsp3) is 0.120. The lowest BCUT2D eigenvalue weighted by atomic mass is 10.1. The third kappa shape index (κ3) is 4.60. The summed E-state index contributed by atoms with van der Waals surface area (Å²) in [5.74, 6) is -1.73. The van der Waals surface area contributed by atoms with E-state index in [1.165, 1.54) is 30.6 Å². The van der Waals surface area contributed by atoms with Gasteiger partial charge in [-0.2, -0.15) is 0 Å². The normalized spacial score (nSPS) is 10.5. The summed E-state index contributed by atoms with van der Waals surface area (Å²) in [5.41, 5.74) is 1.57. The predicted octanol–water partition coefficient (Wildman–Crippen LogP) is 4.41. The third-order valence-corrected chi connectivity index (χ3v) is 5.10. The lowest BCUT2D eigenvalue weighted by molar-refractivity contribution is -0.112. The van der Waals surface area contributed by atoms with Crippen molar-refractivity contribution in [1.29, 1.82) is 0 Å². The Kier molecular flexibility index (Phi) is 6.57. The number of hydrogen-bond acceptors (Lipinski definition) is 6. The van der Waals surface area contributed by atoms with Crippen molar-refractivity contribution in [3.63, 3.8) is 0 Å². The summed E-state index contributed by atoms with van der Waals surface area (Å²) in [7, 11) is 0. The second-order valence-corrected chi connectivity index (χ2v) is 7.25. The van der Waals surface area contributed by atoms with Crippen molar-refractivity contribution >= 4 is 40.2 Å². The molecule has 2 heterocycles. The van der Waals surface area contributed by atoms with Crippen molar-refractivity contribution in [2.45, 2.75) is 13.5 Å². The molecule has 0 fully saturated rings. The van der Waals surface area contributed by atoms with Crippen LogP contribution in [0.4, 0.5) is 15.9 Å². The summed E-state index contributed by atoms with van der Waals surface area (Å²) in [4.78, 5) is 45.1. The summed E-state index contributed by atoms with van der Waals surface area (Å²) in [5, 5.41) is 2.91. The lowest BCUT2D eigenvalue weighted by Crippen LogP contribution is -2.23. The minimum Gasteiger partial charge on any atom is -0.494 e. The number of ether oxygens (including phenoxy) is 1. The molecule has 0 unspecified atom stereocenters. The van der Waals surface area contributed by atoms with Crippen LogP contribution < -0.4 is 10.1 Å².